The van der Waals surface area contributed by atoms with Gasteiger partial charge in [-0.05, 0) is 87.9 Å². The molecule has 0 bridgehead atoms. The van der Waals surface area contributed by atoms with Crippen LogP contribution >= 0.6 is 11.3 Å². The molecule has 0 unspecified atom stereocenters. The first kappa shape index (κ1) is 27.4. The second-order valence-corrected chi connectivity index (χ2v) is 14.7. The Kier molecular flexibility index (Phi) is 5.41. The molecular formula is C48H28N2S. The molecule has 0 saturated heterocycles. The number of thiophene rings is 1. The Morgan fingerprint density at radius 1 is 0.333 bits per heavy atom. The lowest BCUT2D eigenvalue weighted by atomic mass is 9.99. The number of aromatic nitrogens is 2. The van der Waals surface area contributed by atoms with E-state index < -0.39 is 0 Å². The van der Waals surface area contributed by atoms with Crippen LogP contribution in [0.3, 0.4) is 0 Å². The average Bonchev–Trinajstić information content (AvgIpc) is 3.86. The Bertz CT molecular complexity index is 3410. The normalized spacial score (nSPS) is 12.3. The maximum absolute atomic E-state index is 2.55. The molecule has 4 aromatic heterocycles. The van der Waals surface area contributed by atoms with Gasteiger partial charge in [0.1, 0.15) is 0 Å². The molecule has 51 heavy (non-hydrogen) atoms. The highest BCUT2D eigenvalue weighted by Crippen LogP contribution is 2.45. The van der Waals surface area contributed by atoms with Crippen molar-refractivity contribution in [1.82, 2.24) is 8.97 Å². The Labute approximate surface area is 296 Å². The average molecular weight is 665 g/mol. The molecule has 2 nitrogen and oxygen atoms in total. The maximum atomic E-state index is 2.55. The minimum atomic E-state index is 1.18. The number of fused-ring (bicyclic) bond motifs is 10. The van der Waals surface area contributed by atoms with Crippen LogP contribution in [0.25, 0.3) is 108 Å². The van der Waals surface area contributed by atoms with E-state index in [0.717, 1.165) is 0 Å². The quantitative estimate of drug-likeness (QED) is 0.174. The first-order chi connectivity index (χ1) is 25.3. The largest absolute Gasteiger partial charge is 0.309 e. The van der Waals surface area contributed by atoms with Crippen molar-refractivity contribution in [3.8, 4) is 16.8 Å². The van der Waals surface area contributed by atoms with E-state index in [1.165, 1.54) is 108 Å². The highest BCUT2D eigenvalue weighted by molar-refractivity contribution is 7.26. The van der Waals surface area contributed by atoms with E-state index in [1.807, 2.05) is 11.3 Å². The monoisotopic (exact) mass is 664 g/mol. The second kappa shape index (κ2) is 10.1. The summed E-state index contributed by atoms with van der Waals surface area (Å²) in [6.45, 7) is 0. The van der Waals surface area contributed by atoms with Crippen LogP contribution < -0.4 is 0 Å². The summed E-state index contributed by atoms with van der Waals surface area (Å²) in [5.74, 6) is 0. The lowest BCUT2D eigenvalue weighted by Gasteiger charge is -2.08. The van der Waals surface area contributed by atoms with Crippen molar-refractivity contribution < 1.29 is 0 Å². The van der Waals surface area contributed by atoms with E-state index in [2.05, 4.69) is 179 Å². The van der Waals surface area contributed by atoms with E-state index in [0.29, 0.717) is 0 Å². The van der Waals surface area contributed by atoms with Crippen molar-refractivity contribution in [1.29, 1.82) is 0 Å². The fourth-order valence-electron chi connectivity index (χ4n) is 8.94. The lowest BCUT2D eigenvalue weighted by molar-refractivity contribution is 1.18. The number of nitrogens with zero attached hydrogens (tertiary/aromatic N) is 2. The molecule has 3 heteroatoms. The van der Waals surface area contributed by atoms with Crippen molar-refractivity contribution >= 4 is 102 Å². The van der Waals surface area contributed by atoms with Crippen LogP contribution in [0, 0.1) is 0 Å². The standard InChI is InChI=1S/C48H28N2S/c1-2-11-31(12-3-1)49-40-19-7-6-15-34(40)38-27-29(23-25-41(38)49)30-24-26-42-39(28-30)37-18-8-17-36-33-14-5-4-13-32(33)35-16-9-21-44-46(35)47-43(50(42)48(36)37)20-10-22-45(47)51-44/h1-28H. The predicted octanol–water partition coefficient (Wildman–Crippen LogP) is 13.7. The molecular weight excluding hydrogens is 637 g/mol. The molecule has 0 aliphatic rings. The molecule has 0 radical (unpaired) electrons. The third-order valence-electron chi connectivity index (χ3n) is 11.1. The van der Waals surface area contributed by atoms with Crippen molar-refractivity contribution in [3.63, 3.8) is 0 Å². The Morgan fingerprint density at radius 3 is 1.67 bits per heavy atom. The van der Waals surface area contributed by atoms with Crippen molar-refractivity contribution in [2.75, 3.05) is 0 Å². The number of rotatable bonds is 2. The molecule has 8 aromatic carbocycles. The summed E-state index contributed by atoms with van der Waals surface area (Å²) in [5, 5.41) is 12.9. The zero-order chi connectivity index (χ0) is 33.2. The van der Waals surface area contributed by atoms with Gasteiger partial charge in [0, 0.05) is 52.8 Å². The van der Waals surface area contributed by atoms with Gasteiger partial charge in [-0.15, -0.1) is 11.3 Å². The fourth-order valence-corrected chi connectivity index (χ4v) is 10.1. The molecule has 12 aromatic rings. The molecule has 0 aliphatic heterocycles. The third-order valence-corrected chi connectivity index (χ3v) is 12.2. The summed E-state index contributed by atoms with van der Waals surface area (Å²) < 4.78 is 7.58. The van der Waals surface area contributed by atoms with Gasteiger partial charge in [0.15, 0.2) is 0 Å². The van der Waals surface area contributed by atoms with Crippen LogP contribution in [0.4, 0.5) is 0 Å². The molecule has 236 valence electrons. The van der Waals surface area contributed by atoms with Crippen molar-refractivity contribution in [3.05, 3.63) is 170 Å². The van der Waals surface area contributed by atoms with Gasteiger partial charge in [-0.25, -0.2) is 0 Å². The molecule has 0 amide bonds. The Hall–Kier alpha value is -6.42. The summed E-state index contributed by atoms with van der Waals surface area (Å²) in [6.07, 6.45) is 0. The van der Waals surface area contributed by atoms with E-state index in [4.69, 9.17) is 0 Å². The topological polar surface area (TPSA) is 9.34 Å². The molecule has 0 spiro atoms. The SMILES string of the molecule is c1ccc(-n2c3ccccc3c3cc(-c4ccc5c(c4)c4cccc6c7ccccc7c7cccc8sc9cccc(c9c87)n5c64)ccc32)cc1. The fraction of sp³-hybridized carbons (Fsp3) is 0. The summed E-state index contributed by atoms with van der Waals surface area (Å²) in [5.41, 5.74) is 9.80. The minimum absolute atomic E-state index is 1.18. The maximum Gasteiger partial charge on any atom is 0.0619 e. The number of hydrogen-bond donors (Lipinski definition) is 0. The van der Waals surface area contributed by atoms with Crippen LogP contribution in [-0.4, -0.2) is 8.97 Å². The van der Waals surface area contributed by atoms with Crippen LogP contribution in [-0.2, 0) is 0 Å². The second-order valence-electron chi connectivity index (χ2n) is 13.7. The van der Waals surface area contributed by atoms with E-state index in [-0.39, 0.29) is 0 Å². The van der Waals surface area contributed by atoms with Gasteiger partial charge in [-0.1, -0.05) is 109 Å². The summed E-state index contributed by atoms with van der Waals surface area (Å²) in [7, 11) is 0. The van der Waals surface area contributed by atoms with E-state index in [1.54, 1.807) is 0 Å². The first-order valence-corrected chi connectivity index (χ1v) is 18.3. The van der Waals surface area contributed by atoms with Crippen molar-refractivity contribution in [2.24, 2.45) is 0 Å². The van der Waals surface area contributed by atoms with Gasteiger partial charge in [-0.3, -0.25) is 0 Å². The molecule has 0 aliphatic carbocycles. The zero-order valence-corrected chi connectivity index (χ0v) is 28.3. The van der Waals surface area contributed by atoms with Gasteiger partial charge in [0.05, 0.1) is 27.6 Å². The summed E-state index contributed by atoms with van der Waals surface area (Å²) >= 11 is 1.90. The highest BCUT2D eigenvalue weighted by Gasteiger charge is 2.19. The molecule has 0 atom stereocenters. The van der Waals surface area contributed by atoms with Gasteiger partial charge in [0.25, 0.3) is 0 Å². The number of hydrogen-bond acceptors (Lipinski definition) is 1. The van der Waals surface area contributed by atoms with Gasteiger partial charge in [-0.2, -0.15) is 0 Å². The van der Waals surface area contributed by atoms with E-state index >= 15 is 0 Å². The number of para-hydroxylation sites is 3. The predicted molar refractivity (Wildman–Crippen MR) is 220 cm³/mol. The minimum Gasteiger partial charge on any atom is -0.309 e. The zero-order valence-electron chi connectivity index (χ0n) is 27.5. The van der Waals surface area contributed by atoms with Gasteiger partial charge < -0.3 is 8.97 Å². The van der Waals surface area contributed by atoms with Crippen molar-refractivity contribution in [2.45, 2.75) is 0 Å². The van der Waals surface area contributed by atoms with Crippen LogP contribution in [0.5, 0.6) is 0 Å². The summed E-state index contributed by atoms with van der Waals surface area (Å²) in [6, 6.07) is 63.0. The van der Waals surface area contributed by atoms with Gasteiger partial charge >= 0.3 is 0 Å². The van der Waals surface area contributed by atoms with E-state index in [9.17, 15) is 0 Å². The van der Waals surface area contributed by atoms with Crippen LogP contribution in [0.2, 0.25) is 0 Å². The Balaban J connectivity index is 1.21. The summed E-state index contributed by atoms with van der Waals surface area (Å²) in [4.78, 5) is 0. The molecule has 0 saturated carbocycles. The smallest absolute Gasteiger partial charge is 0.0619 e. The lowest BCUT2D eigenvalue weighted by Crippen LogP contribution is -1.92. The Morgan fingerprint density at radius 2 is 0.863 bits per heavy atom. The molecule has 4 heterocycles. The van der Waals surface area contributed by atoms with Crippen LogP contribution in [0.1, 0.15) is 0 Å². The molecule has 12 rings (SSSR count). The third kappa shape index (κ3) is 3.65. The van der Waals surface area contributed by atoms with Crippen LogP contribution in [0.15, 0.2) is 170 Å². The molecule has 0 N–H and O–H groups in total. The highest BCUT2D eigenvalue weighted by atomic mass is 32.1. The number of benzene rings is 8. The molecule has 0 fully saturated rings. The first-order valence-electron chi connectivity index (χ1n) is 17.5. The van der Waals surface area contributed by atoms with Gasteiger partial charge in [0.2, 0.25) is 0 Å².